The van der Waals surface area contributed by atoms with Crippen LogP contribution < -0.4 is 16.4 Å². The van der Waals surface area contributed by atoms with Gasteiger partial charge in [0.05, 0.1) is 11.9 Å². The lowest BCUT2D eigenvalue weighted by molar-refractivity contribution is -0.118. The number of primary amides is 1. The van der Waals surface area contributed by atoms with E-state index in [4.69, 9.17) is 10.5 Å². The summed E-state index contributed by atoms with van der Waals surface area (Å²) in [6, 6.07) is 0.388. The number of hydrogen-bond acceptors (Lipinski definition) is 5. The van der Waals surface area contributed by atoms with Gasteiger partial charge in [0, 0.05) is 18.3 Å². The molecule has 8 heteroatoms. The van der Waals surface area contributed by atoms with Crippen molar-refractivity contribution in [3.8, 4) is 0 Å². The van der Waals surface area contributed by atoms with Crippen molar-refractivity contribution in [2.24, 2.45) is 5.73 Å². The van der Waals surface area contributed by atoms with Crippen molar-refractivity contribution in [3.63, 3.8) is 0 Å². The van der Waals surface area contributed by atoms with Gasteiger partial charge in [-0.2, -0.15) is 5.10 Å². The van der Waals surface area contributed by atoms with Gasteiger partial charge < -0.3 is 21.1 Å². The van der Waals surface area contributed by atoms with Crippen molar-refractivity contribution in [2.45, 2.75) is 57.8 Å². The molecule has 2 amide bonds. The highest BCUT2D eigenvalue weighted by atomic mass is 16.6. The number of rotatable bonds is 5. The maximum Gasteiger partial charge on any atom is 0.407 e. The van der Waals surface area contributed by atoms with Gasteiger partial charge in [0.15, 0.2) is 0 Å². The summed E-state index contributed by atoms with van der Waals surface area (Å²) in [4.78, 5) is 22.4. The second-order valence-electron chi connectivity index (χ2n) is 6.55. The summed E-state index contributed by atoms with van der Waals surface area (Å²) in [5.41, 5.74) is 5.46. The van der Waals surface area contributed by atoms with Crippen LogP contribution in [0.2, 0.25) is 0 Å². The monoisotopic (exact) mass is 309 g/mol. The highest BCUT2D eigenvalue weighted by Crippen LogP contribution is 2.24. The highest BCUT2D eigenvalue weighted by Gasteiger charge is 2.31. The van der Waals surface area contributed by atoms with Crippen LogP contribution in [0.3, 0.4) is 0 Å². The minimum absolute atomic E-state index is 0.0647. The third kappa shape index (κ3) is 4.94. The Morgan fingerprint density at radius 2 is 2.09 bits per heavy atom. The Morgan fingerprint density at radius 3 is 2.68 bits per heavy atom. The third-order valence-corrected chi connectivity index (χ3v) is 3.18. The molecular weight excluding hydrogens is 286 g/mol. The molecule has 0 saturated heterocycles. The number of anilines is 1. The van der Waals surface area contributed by atoms with E-state index >= 15 is 0 Å². The van der Waals surface area contributed by atoms with Crippen molar-refractivity contribution in [1.82, 2.24) is 15.1 Å². The lowest BCUT2D eigenvalue weighted by Crippen LogP contribution is -2.50. The number of aromatic nitrogens is 2. The summed E-state index contributed by atoms with van der Waals surface area (Å²) in [6.07, 6.45) is 4.64. The minimum atomic E-state index is -0.486. The van der Waals surface area contributed by atoms with Crippen molar-refractivity contribution in [1.29, 1.82) is 0 Å². The van der Waals surface area contributed by atoms with Gasteiger partial charge in [-0.05, 0) is 33.6 Å². The Kier molecular flexibility index (Phi) is 4.58. The number of nitrogens with zero attached hydrogens (tertiary/aromatic N) is 2. The van der Waals surface area contributed by atoms with Gasteiger partial charge in [0.25, 0.3) is 0 Å². The predicted octanol–water partition coefficient (Wildman–Crippen LogP) is 0.836. The van der Waals surface area contributed by atoms with Gasteiger partial charge in [-0.15, -0.1) is 0 Å². The minimum Gasteiger partial charge on any atom is -0.444 e. The summed E-state index contributed by atoms with van der Waals surface area (Å²) in [5.74, 6) is -0.431. The molecule has 1 aromatic heterocycles. The fraction of sp³-hybridized carbons (Fsp3) is 0.643. The molecule has 1 aliphatic carbocycles. The standard InChI is InChI=1S/C14H23N5O3/c1-14(2,3)22-13(21)18-10-4-9(5-10)17-11-6-16-19(7-11)8-12(15)20/h6-7,9-10,17H,4-5,8H2,1-3H3,(H2,15,20)(H,18,21). The molecule has 0 spiro atoms. The van der Waals surface area contributed by atoms with Crippen LogP contribution in [-0.2, 0) is 16.1 Å². The van der Waals surface area contributed by atoms with E-state index in [1.807, 2.05) is 20.8 Å². The molecule has 122 valence electrons. The first kappa shape index (κ1) is 16.1. The van der Waals surface area contributed by atoms with Gasteiger partial charge in [-0.1, -0.05) is 0 Å². The molecule has 1 aromatic rings. The number of amides is 2. The third-order valence-electron chi connectivity index (χ3n) is 3.18. The zero-order chi connectivity index (χ0) is 16.3. The first-order valence-corrected chi connectivity index (χ1v) is 7.28. The quantitative estimate of drug-likeness (QED) is 0.746. The van der Waals surface area contributed by atoms with E-state index < -0.39 is 11.5 Å². The number of nitrogens with one attached hydrogen (secondary N) is 2. The maximum absolute atomic E-state index is 11.6. The van der Waals surface area contributed by atoms with Crippen molar-refractivity contribution >= 4 is 17.7 Å². The van der Waals surface area contributed by atoms with Crippen LogP contribution in [0.25, 0.3) is 0 Å². The molecule has 8 nitrogen and oxygen atoms in total. The molecule has 1 fully saturated rings. The van der Waals surface area contributed by atoms with E-state index in [-0.39, 0.29) is 24.7 Å². The summed E-state index contributed by atoms with van der Waals surface area (Å²) in [5, 5.41) is 10.2. The summed E-state index contributed by atoms with van der Waals surface area (Å²) in [7, 11) is 0. The lowest BCUT2D eigenvalue weighted by Gasteiger charge is -2.36. The first-order chi connectivity index (χ1) is 10.2. The zero-order valence-corrected chi connectivity index (χ0v) is 13.1. The molecule has 0 aliphatic heterocycles. The Bertz CT molecular complexity index is 543. The van der Waals surface area contributed by atoms with E-state index in [2.05, 4.69) is 15.7 Å². The van der Waals surface area contributed by atoms with Crippen LogP contribution in [-0.4, -0.2) is 39.5 Å². The Balaban J connectivity index is 1.70. The van der Waals surface area contributed by atoms with Gasteiger partial charge in [-0.3, -0.25) is 9.48 Å². The van der Waals surface area contributed by atoms with E-state index in [1.165, 1.54) is 4.68 Å². The molecule has 1 heterocycles. The smallest absolute Gasteiger partial charge is 0.407 e. The molecule has 0 radical (unpaired) electrons. The number of carbonyl (C=O) groups is 2. The zero-order valence-electron chi connectivity index (χ0n) is 13.1. The van der Waals surface area contributed by atoms with Crippen molar-refractivity contribution < 1.29 is 14.3 Å². The van der Waals surface area contributed by atoms with E-state index in [1.54, 1.807) is 12.4 Å². The van der Waals surface area contributed by atoms with Crippen LogP contribution >= 0.6 is 0 Å². The highest BCUT2D eigenvalue weighted by molar-refractivity contribution is 5.73. The second kappa shape index (κ2) is 6.25. The Hall–Kier alpha value is -2.25. The van der Waals surface area contributed by atoms with E-state index in [9.17, 15) is 9.59 Å². The van der Waals surface area contributed by atoms with E-state index in [0.29, 0.717) is 0 Å². The van der Waals surface area contributed by atoms with Crippen LogP contribution in [0.15, 0.2) is 12.4 Å². The Morgan fingerprint density at radius 1 is 1.41 bits per heavy atom. The molecule has 1 aliphatic rings. The number of ether oxygens (including phenoxy) is 1. The Labute approximate surface area is 129 Å². The van der Waals surface area contributed by atoms with Gasteiger partial charge >= 0.3 is 6.09 Å². The summed E-state index contributed by atoms with van der Waals surface area (Å²) < 4.78 is 6.70. The second-order valence-corrected chi connectivity index (χ2v) is 6.55. The average molecular weight is 309 g/mol. The van der Waals surface area contributed by atoms with Crippen LogP contribution in [0.4, 0.5) is 10.5 Å². The fourth-order valence-electron chi connectivity index (χ4n) is 2.25. The molecular formula is C14H23N5O3. The van der Waals surface area contributed by atoms with Crippen LogP contribution in [0.1, 0.15) is 33.6 Å². The summed E-state index contributed by atoms with van der Waals surface area (Å²) in [6.45, 7) is 5.57. The first-order valence-electron chi connectivity index (χ1n) is 7.28. The normalized spacial score (nSPS) is 20.9. The molecule has 2 rings (SSSR count). The summed E-state index contributed by atoms with van der Waals surface area (Å²) >= 11 is 0. The van der Waals surface area contributed by atoms with Crippen LogP contribution in [0, 0.1) is 0 Å². The molecule has 0 aromatic carbocycles. The number of alkyl carbamates (subject to hydrolysis) is 1. The fourth-order valence-corrected chi connectivity index (χ4v) is 2.25. The maximum atomic E-state index is 11.6. The predicted molar refractivity (Wildman–Crippen MR) is 81.2 cm³/mol. The number of nitrogens with two attached hydrogens (primary N) is 1. The SMILES string of the molecule is CC(C)(C)OC(=O)NC1CC(Nc2cnn(CC(N)=O)c2)C1. The van der Waals surface area contributed by atoms with E-state index in [0.717, 1.165) is 18.5 Å². The molecule has 22 heavy (non-hydrogen) atoms. The van der Waals surface area contributed by atoms with Gasteiger partial charge in [0.1, 0.15) is 12.1 Å². The van der Waals surface area contributed by atoms with Gasteiger partial charge in [-0.25, -0.2) is 4.79 Å². The van der Waals surface area contributed by atoms with Crippen molar-refractivity contribution in [3.05, 3.63) is 12.4 Å². The number of carbonyl (C=O) groups excluding carboxylic acids is 2. The lowest BCUT2D eigenvalue weighted by atomic mass is 9.87. The topological polar surface area (TPSA) is 111 Å². The molecule has 1 saturated carbocycles. The molecule has 4 N–H and O–H groups in total. The molecule has 0 atom stereocenters. The average Bonchev–Trinajstić information content (AvgIpc) is 2.70. The molecule has 0 bridgehead atoms. The van der Waals surface area contributed by atoms with Crippen LogP contribution in [0.5, 0.6) is 0 Å². The number of hydrogen-bond donors (Lipinski definition) is 3. The van der Waals surface area contributed by atoms with Crippen molar-refractivity contribution in [2.75, 3.05) is 5.32 Å². The van der Waals surface area contributed by atoms with Gasteiger partial charge in [0.2, 0.25) is 5.91 Å². The molecule has 0 unspecified atom stereocenters. The largest absolute Gasteiger partial charge is 0.444 e.